The van der Waals surface area contributed by atoms with Gasteiger partial charge in [0.1, 0.15) is 0 Å². The molecule has 0 saturated heterocycles. The van der Waals surface area contributed by atoms with Gasteiger partial charge in [0.15, 0.2) is 0 Å². The van der Waals surface area contributed by atoms with Gasteiger partial charge in [0.2, 0.25) is 5.91 Å². The zero-order chi connectivity index (χ0) is 15.7. The number of likely N-dealkylation sites (N-methyl/N-ethyl adjacent to an activating group) is 1. The topological polar surface area (TPSA) is 46.6 Å². The molecule has 0 spiro atoms. The van der Waals surface area contributed by atoms with Crippen LogP contribution in [-0.4, -0.2) is 37.0 Å². The summed E-state index contributed by atoms with van der Waals surface area (Å²) in [4.78, 5) is 24.8. The summed E-state index contributed by atoms with van der Waals surface area (Å²) in [6.45, 7) is 4.93. The molecule has 1 aromatic rings. The van der Waals surface area contributed by atoms with Crippen LogP contribution in [0.2, 0.25) is 0 Å². The van der Waals surface area contributed by atoms with Crippen molar-refractivity contribution in [2.45, 2.75) is 26.7 Å². The molecular formula is C17H23NO3. The molecule has 21 heavy (non-hydrogen) atoms. The molecular weight excluding hydrogens is 266 g/mol. The molecule has 0 aliphatic rings. The highest BCUT2D eigenvalue weighted by molar-refractivity contribution is 5.92. The van der Waals surface area contributed by atoms with Crippen LogP contribution >= 0.6 is 0 Å². The number of ether oxygens (including phenoxy) is 1. The fourth-order valence-electron chi connectivity index (χ4n) is 1.89. The molecule has 0 heterocycles. The number of rotatable bonds is 7. The minimum atomic E-state index is -0.305. The van der Waals surface area contributed by atoms with Gasteiger partial charge in [0, 0.05) is 19.2 Å². The fourth-order valence-corrected chi connectivity index (χ4v) is 1.89. The maximum Gasteiger partial charge on any atom is 0.307 e. The molecule has 1 aromatic carbocycles. The van der Waals surface area contributed by atoms with E-state index in [0.717, 1.165) is 12.0 Å². The van der Waals surface area contributed by atoms with Crippen LogP contribution in [0.1, 0.15) is 31.4 Å². The van der Waals surface area contributed by atoms with Crippen LogP contribution in [0.4, 0.5) is 0 Å². The van der Waals surface area contributed by atoms with Crippen molar-refractivity contribution >= 4 is 18.0 Å². The van der Waals surface area contributed by atoms with Gasteiger partial charge in [0.05, 0.1) is 13.5 Å². The molecule has 0 bridgehead atoms. The molecule has 4 nitrogen and oxygen atoms in total. The minimum absolute atomic E-state index is 0.0963. The Kier molecular flexibility index (Phi) is 7.23. The van der Waals surface area contributed by atoms with Gasteiger partial charge in [-0.05, 0) is 30.5 Å². The van der Waals surface area contributed by atoms with Crippen molar-refractivity contribution in [1.29, 1.82) is 0 Å². The predicted octanol–water partition coefficient (Wildman–Crippen LogP) is 2.67. The van der Waals surface area contributed by atoms with E-state index >= 15 is 0 Å². The molecule has 0 radical (unpaired) electrons. The first-order valence-corrected chi connectivity index (χ1v) is 7.23. The molecule has 0 aromatic heterocycles. The number of hydrogen-bond donors (Lipinski definition) is 0. The Labute approximate surface area is 126 Å². The molecule has 114 valence electrons. The number of benzene rings is 1. The molecule has 0 unspecified atom stereocenters. The number of carbonyl (C=O) groups excluding carboxylic acids is 2. The van der Waals surface area contributed by atoms with Crippen molar-refractivity contribution in [3.8, 4) is 0 Å². The summed E-state index contributed by atoms with van der Waals surface area (Å²) in [5, 5.41) is 0. The maximum atomic E-state index is 12.1. The van der Waals surface area contributed by atoms with Crippen LogP contribution in [0.3, 0.4) is 0 Å². The lowest BCUT2D eigenvalue weighted by Gasteiger charge is -2.18. The van der Waals surface area contributed by atoms with E-state index in [-0.39, 0.29) is 18.3 Å². The SMILES string of the molecule is CCc1ccc(/C=C/C(=O)N(CC)CCC(=O)OC)cc1. The zero-order valence-corrected chi connectivity index (χ0v) is 13.0. The number of hydrogen-bond acceptors (Lipinski definition) is 3. The monoisotopic (exact) mass is 289 g/mol. The van der Waals surface area contributed by atoms with Crippen LogP contribution in [0, 0.1) is 0 Å². The Morgan fingerprint density at radius 1 is 1.19 bits per heavy atom. The van der Waals surface area contributed by atoms with E-state index in [2.05, 4.69) is 23.8 Å². The van der Waals surface area contributed by atoms with Gasteiger partial charge < -0.3 is 9.64 Å². The third-order valence-corrected chi connectivity index (χ3v) is 3.31. The van der Waals surface area contributed by atoms with Gasteiger partial charge in [-0.1, -0.05) is 31.2 Å². The number of methoxy groups -OCH3 is 1. The van der Waals surface area contributed by atoms with Gasteiger partial charge in [0.25, 0.3) is 0 Å². The van der Waals surface area contributed by atoms with Gasteiger partial charge >= 0.3 is 5.97 Å². The maximum absolute atomic E-state index is 12.1. The average molecular weight is 289 g/mol. The van der Waals surface area contributed by atoms with Crippen LogP contribution in [0.25, 0.3) is 6.08 Å². The predicted molar refractivity (Wildman–Crippen MR) is 83.7 cm³/mol. The summed E-state index contributed by atoms with van der Waals surface area (Å²) in [6.07, 6.45) is 4.56. The first-order valence-electron chi connectivity index (χ1n) is 7.23. The summed E-state index contributed by atoms with van der Waals surface area (Å²) in [7, 11) is 1.35. The van der Waals surface area contributed by atoms with E-state index in [0.29, 0.717) is 13.1 Å². The van der Waals surface area contributed by atoms with Crippen molar-refractivity contribution in [2.75, 3.05) is 20.2 Å². The second-order valence-corrected chi connectivity index (χ2v) is 4.67. The first-order chi connectivity index (χ1) is 10.1. The number of aryl methyl sites for hydroxylation is 1. The van der Waals surface area contributed by atoms with Crippen molar-refractivity contribution in [2.24, 2.45) is 0 Å². The normalized spacial score (nSPS) is 10.6. The standard InChI is InChI=1S/C17H23NO3/c1-4-14-6-8-15(9-7-14)10-11-16(19)18(5-2)13-12-17(20)21-3/h6-11H,4-5,12-13H2,1-3H3/b11-10+. The van der Waals surface area contributed by atoms with E-state index in [1.807, 2.05) is 19.1 Å². The van der Waals surface area contributed by atoms with E-state index in [1.165, 1.54) is 12.7 Å². The van der Waals surface area contributed by atoms with Crippen molar-refractivity contribution in [3.63, 3.8) is 0 Å². The Hall–Kier alpha value is -2.10. The highest BCUT2D eigenvalue weighted by Crippen LogP contribution is 2.07. The average Bonchev–Trinajstić information content (AvgIpc) is 2.53. The summed E-state index contributed by atoms with van der Waals surface area (Å²) in [6, 6.07) is 8.10. The molecule has 0 N–H and O–H groups in total. The number of amides is 1. The lowest BCUT2D eigenvalue weighted by molar-refractivity contribution is -0.141. The van der Waals surface area contributed by atoms with Crippen molar-refractivity contribution < 1.29 is 14.3 Å². The quantitative estimate of drug-likeness (QED) is 0.572. The van der Waals surface area contributed by atoms with Crippen LogP contribution in [0.5, 0.6) is 0 Å². The molecule has 0 saturated carbocycles. The molecule has 0 aliphatic carbocycles. The summed E-state index contributed by atoms with van der Waals surface area (Å²) >= 11 is 0. The fraction of sp³-hybridized carbons (Fsp3) is 0.412. The molecule has 0 aliphatic heterocycles. The summed E-state index contributed by atoms with van der Waals surface area (Å²) in [5.74, 6) is -0.402. The van der Waals surface area contributed by atoms with E-state index < -0.39 is 0 Å². The lowest BCUT2D eigenvalue weighted by atomic mass is 10.1. The van der Waals surface area contributed by atoms with Gasteiger partial charge in [-0.2, -0.15) is 0 Å². The second kappa shape index (κ2) is 8.95. The van der Waals surface area contributed by atoms with Gasteiger partial charge in [-0.3, -0.25) is 9.59 Å². The third-order valence-electron chi connectivity index (χ3n) is 3.31. The van der Waals surface area contributed by atoms with Crippen LogP contribution < -0.4 is 0 Å². The zero-order valence-electron chi connectivity index (χ0n) is 13.0. The van der Waals surface area contributed by atoms with E-state index in [4.69, 9.17) is 0 Å². The highest BCUT2D eigenvalue weighted by atomic mass is 16.5. The molecule has 0 fully saturated rings. The first kappa shape index (κ1) is 17.0. The number of esters is 1. The van der Waals surface area contributed by atoms with Gasteiger partial charge in [-0.15, -0.1) is 0 Å². The summed E-state index contributed by atoms with van der Waals surface area (Å²) in [5.41, 5.74) is 2.26. The Morgan fingerprint density at radius 3 is 2.38 bits per heavy atom. The van der Waals surface area contributed by atoms with E-state index in [1.54, 1.807) is 17.1 Å². The molecule has 1 amide bonds. The number of nitrogens with zero attached hydrogens (tertiary/aromatic N) is 1. The molecule has 0 atom stereocenters. The summed E-state index contributed by atoms with van der Waals surface area (Å²) < 4.78 is 4.58. The Morgan fingerprint density at radius 2 is 1.86 bits per heavy atom. The smallest absolute Gasteiger partial charge is 0.307 e. The Bertz CT molecular complexity index is 491. The second-order valence-electron chi connectivity index (χ2n) is 4.67. The highest BCUT2D eigenvalue weighted by Gasteiger charge is 2.10. The largest absolute Gasteiger partial charge is 0.469 e. The van der Waals surface area contributed by atoms with Crippen molar-refractivity contribution in [3.05, 3.63) is 41.5 Å². The van der Waals surface area contributed by atoms with E-state index in [9.17, 15) is 9.59 Å². The third kappa shape index (κ3) is 5.81. The minimum Gasteiger partial charge on any atom is -0.469 e. The lowest BCUT2D eigenvalue weighted by Crippen LogP contribution is -2.31. The molecule has 4 heteroatoms. The Balaban J connectivity index is 2.59. The van der Waals surface area contributed by atoms with Gasteiger partial charge in [-0.25, -0.2) is 0 Å². The van der Waals surface area contributed by atoms with Crippen molar-refractivity contribution in [1.82, 2.24) is 4.90 Å². The molecule has 1 rings (SSSR count). The van der Waals surface area contributed by atoms with Crippen LogP contribution in [0.15, 0.2) is 30.3 Å². The van der Waals surface area contributed by atoms with Crippen LogP contribution in [-0.2, 0) is 20.7 Å². The number of carbonyl (C=O) groups is 2.